The fourth-order valence-electron chi connectivity index (χ4n) is 1.12. The van der Waals surface area contributed by atoms with Crippen molar-refractivity contribution in [3.63, 3.8) is 0 Å². The Bertz CT molecular complexity index is 421. The number of carbonyl (C=O) groups is 2. The number of phenols is 1. The van der Waals surface area contributed by atoms with Gasteiger partial charge in [-0.15, -0.1) is 0 Å². The van der Waals surface area contributed by atoms with Crippen LogP contribution in [0, 0.1) is 5.41 Å². The molecule has 1 aromatic carbocycles. The SMILES string of the molecule is CCC(C)(C)C(=O)NC(=O)c1ccc(O)cc1. The average molecular weight is 235 g/mol. The summed E-state index contributed by atoms with van der Waals surface area (Å²) in [4.78, 5) is 23.5. The highest BCUT2D eigenvalue weighted by atomic mass is 16.3. The topological polar surface area (TPSA) is 66.4 Å². The minimum absolute atomic E-state index is 0.0850. The van der Waals surface area contributed by atoms with Gasteiger partial charge in [0.25, 0.3) is 5.91 Å². The zero-order valence-electron chi connectivity index (χ0n) is 10.3. The molecule has 0 fully saturated rings. The molecule has 0 heterocycles. The van der Waals surface area contributed by atoms with Crippen LogP contribution in [0.4, 0.5) is 0 Å². The van der Waals surface area contributed by atoms with Gasteiger partial charge < -0.3 is 5.11 Å². The van der Waals surface area contributed by atoms with Crippen molar-refractivity contribution in [3.8, 4) is 5.75 Å². The minimum Gasteiger partial charge on any atom is -0.508 e. The van der Waals surface area contributed by atoms with Crippen LogP contribution in [0.3, 0.4) is 0 Å². The van der Waals surface area contributed by atoms with Crippen LogP contribution >= 0.6 is 0 Å². The van der Waals surface area contributed by atoms with E-state index in [2.05, 4.69) is 5.32 Å². The zero-order valence-corrected chi connectivity index (χ0v) is 10.3. The summed E-state index contributed by atoms with van der Waals surface area (Å²) in [5, 5.41) is 11.4. The van der Waals surface area contributed by atoms with E-state index < -0.39 is 11.3 Å². The maximum absolute atomic E-state index is 11.8. The van der Waals surface area contributed by atoms with E-state index in [1.807, 2.05) is 6.92 Å². The van der Waals surface area contributed by atoms with Crippen molar-refractivity contribution in [3.05, 3.63) is 29.8 Å². The fraction of sp³-hybridized carbons (Fsp3) is 0.385. The van der Waals surface area contributed by atoms with Crippen molar-refractivity contribution >= 4 is 11.8 Å². The molecule has 0 aliphatic rings. The van der Waals surface area contributed by atoms with Crippen molar-refractivity contribution in [1.82, 2.24) is 5.32 Å². The molecular weight excluding hydrogens is 218 g/mol. The predicted molar refractivity (Wildman–Crippen MR) is 64.7 cm³/mol. The van der Waals surface area contributed by atoms with Crippen LogP contribution < -0.4 is 5.32 Å². The molecule has 92 valence electrons. The smallest absolute Gasteiger partial charge is 0.257 e. The molecule has 0 aromatic heterocycles. The highest BCUT2D eigenvalue weighted by molar-refractivity contribution is 6.06. The summed E-state index contributed by atoms with van der Waals surface area (Å²) in [5.41, 5.74) is -0.213. The van der Waals surface area contributed by atoms with Crippen LogP contribution in [-0.2, 0) is 4.79 Å². The number of hydrogen-bond donors (Lipinski definition) is 2. The summed E-state index contributed by atoms with van der Waals surface area (Å²) in [6, 6.07) is 5.75. The number of imide groups is 1. The Kier molecular flexibility index (Phi) is 3.89. The zero-order chi connectivity index (χ0) is 13.1. The molecule has 0 aliphatic heterocycles. The van der Waals surface area contributed by atoms with Gasteiger partial charge in [0.2, 0.25) is 5.91 Å². The Hall–Kier alpha value is -1.84. The van der Waals surface area contributed by atoms with E-state index in [-0.39, 0.29) is 11.7 Å². The number of hydrogen-bond acceptors (Lipinski definition) is 3. The molecule has 0 bridgehead atoms. The van der Waals surface area contributed by atoms with E-state index in [1.165, 1.54) is 24.3 Å². The molecule has 1 aromatic rings. The van der Waals surface area contributed by atoms with Crippen molar-refractivity contribution in [1.29, 1.82) is 0 Å². The molecule has 2 amide bonds. The first-order chi connectivity index (χ1) is 7.86. The Balaban J connectivity index is 2.73. The summed E-state index contributed by atoms with van der Waals surface area (Å²) >= 11 is 0. The third kappa shape index (κ3) is 3.31. The van der Waals surface area contributed by atoms with Crippen molar-refractivity contribution in [2.24, 2.45) is 5.41 Å². The van der Waals surface area contributed by atoms with Crippen molar-refractivity contribution in [2.75, 3.05) is 0 Å². The molecule has 0 unspecified atom stereocenters. The lowest BCUT2D eigenvalue weighted by Gasteiger charge is -2.20. The average Bonchev–Trinajstić information content (AvgIpc) is 2.29. The number of carbonyl (C=O) groups excluding carboxylic acids is 2. The molecule has 0 aliphatic carbocycles. The van der Waals surface area contributed by atoms with Gasteiger partial charge >= 0.3 is 0 Å². The fourth-order valence-corrected chi connectivity index (χ4v) is 1.12. The first-order valence-electron chi connectivity index (χ1n) is 5.51. The number of rotatable bonds is 3. The van der Waals surface area contributed by atoms with E-state index in [0.29, 0.717) is 12.0 Å². The van der Waals surface area contributed by atoms with Crippen LogP contribution in [0.25, 0.3) is 0 Å². The second kappa shape index (κ2) is 4.99. The van der Waals surface area contributed by atoms with Crippen LogP contribution in [0.15, 0.2) is 24.3 Å². The highest BCUT2D eigenvalue weighted by Crippen LogP contribution is 2.19. The molecule has 0 atom stereocenters. The van der Waals surface area contributed by atoms with Gasteiger partial charge in [0.05, 0.1) is 0 Å². The Morgan fingerprint density at radius 1 is 1.24 bits per heavy atom. The van der Waals surface area contributed by atoms with E-state index in [4.69, 9.17) is 5.11 Å². The van der Waals surface area contributed by atoms with Gasteiger partial charge in [-0.1, -0.05) is 20.8 Å². The third-order valence-electron chi connectivity index (χ3n) is 2.86. The molecule has 1 rings (SSSR count). The molecule has 0 radical (unpaired) electrons. The molecule has 4 nitrogen and oxygen atoms in total. The van der Waals surface area contributed by atoms with E-state index in [9.17, 15) is 9.59 Å². The standard InChI is InChI=1S/C13H17NO3/c1-4-13(2,3)12(17)14-11(16)9-5-7-10(15)8-6-9/h5-8,15H,4H2,1-3H3,(H,14,16,17). The first kappa shape index (κ1) is 13.2. The van der Waals surface area contributed by atoms with Gasteiger partial charge in [-0.25, -0.2) is 0 Å². The van der Waals surface area contributed by atoms with Crippen LogP contribution in [0.2, 0.25) is 0 Å². The summed E-state index contributed by atoms with van der Waals surface area (Å²) in [6.07, 6.45) is 0.654. The first-order valence-corrected chi connectivity index (χ1v) is 5.51. The van der Waals surface area contributed by atoms with Crippen LogP contribution in [0.5, 0.6) is 5.75 Å². The molecule has 4 heteroatoms. The molecule has 2 N–H and O–H groups in total. The van der Waals surface area contributed by atoms with Gasteiger partial charge in [-0.05, 0) is 30.7 Å². The number of benzene rings is 1. The summed E-state index contributed by atoms with van der Waals surface area (Å²) in [6.45, 7) is 5.46. The van der Waals surface area contributed by atoms with Crippen LogP contribution in [-0.4, -0.2) is 16.9 Å². The molecule has 0 saturated heterocycles. The molecular formula is C13H17NO3. The lowest BCUT2D eigenvalue weighted by atomic mass is 9.89. The minimum atomic E-state index is -0.563. The number of amides is 2. The summed E-state index contributed by atoms with van der Waals surface area (Å²) < 4.78 is 0. The quantitative estimate of drug-likeness (QED) is 0.843. The normalized spacial score (nSPS) is 11.0. The second-order valence-corrected chi connectivity index (χ2v) is 4.57. The largest absolute Gasteiger partial charge is 0.508 e. The van der Waals surface area contributed by atoms with Gasteiger partial charge in [0.15, 0.2) is 0 Å². The van der Waals surface area contributed by atoms with Gasteiger partial charge in [-0.3, -0.25) is 14.9 Å². The predicted octanol–water partition coefficient (Wildman–Crippen LogP) is 2.08. The monoisotopic (exact) mass is 235 g/mol. The maximum Gasteiger partial charge on any atom is 0.257 e. The Morgan fingerprint density at radius 2 is 1.76 bits per heavy atom. The summed E-state index contributed by atoms with van der Waals surface area (Å²) in [7, 11) is 0. The van der Waals surface area contributed by atoms with Crippen molar-refractivity contribution < 1.29 is 14.7 Å². The van der Waals surface area contributed by atoms with Gasteiger partial charge in [0.1, 0.15) is 5.75 Å². The lowest BCUT2D eigenvalue weighted by Crippen LogP contribution is -2.40. The molecule has 0 spiro atoms. The number of aromatic hydroxyl groups is 1. The van der Waals surface area contributed by atoms with E-state index in [1.54, 1.807) is 13.8 Å². The Morgan fingerprint density at radius 3 is 2.24 bits per heavy atom. The van der Waals surface area contributed by atoms with Gasteiger partial charge in [0, 0.05) is 11.0 Å². The number of nitrogens with one attached hydrogen (secondary N) is 1. The third-order valence-corrected chi connectivity index (χ3v) is 2.86. The summed E-state index contributed by atoms with van der Waals surface area (Å²) in [5.74, 6) is -0.656. The van der Waals surface area contributed by atoms with Crippen LogP contribution in [0.1, 0.15) is 37.6 Å². The Labute approximate surface area is 101 Å². The lowest BCUT2D eigenvalue weighted by molar-refractivity contribution is -0.128. The number of phenolic OH excluding ortho intramolecular Hbond substituents is 1. The highest BCUT2D eigenvalue weighted by Gasteiger charge is 2.26. The molecule has 17 heavy (non-hydrogen) atoms. The van der Waals surface area contributed by atoms with E-state index >= 15 is 0 Å². The van der Waals surface area contributed by atoms with Gasteiger partial charge in [-0.2, -0.15) is 0 Å². The molecule has 0 saturated carbocycles. The second-order valence-electron chi connectivity index (χ2n) is 4.57. The van der Waals surface area contributed by atoms with Crippen molar-refractivity contribution in [2.45, 2.75) is 27.2 Å². The van der Waals surface area contributed by atoms with E-state index in [0.717, 1.165) is 0 Å². The maximum atomic E-state index is 11.8.